The molecule has 0 N–H and O–H groups in total. The minimum atomic E-state index is 0.791. The van der Waals surface area contributed by atoms with Crippen LogP contribution in [0.2, 0.25) is 0 Å². The molecule has 4 heterocycles. The smallest absolute Gasteiger partial charge is 0.0969 e. The van der Waals surface area contributed by atoms with Crippen LogP contribution in [0.25, 0.3) is 32.9 Å². The van der Waals surface area contributed by atoms with E-state index in [2.05, 4.69) is 115 Å². The second-order valence-corrected chi connectivity index (χ2v) is 12.0. The van der Waals surface area contributed by atoms with Crippen molar-refractivity contribution in [1.82, 2.24) is 9.97 Å². The van der Waals surface area contributed by atoms with Crippen molar-refractivity contribution >= 4 is 50.3 Å². The van der Waals surface area contributed by atoms with E-state index in [-0.39, 0.29) is 0 Å². The van der Waals surface area contributed by atoms with Crippen molar-refractivity contribution in [2.45, 2.75) is 47.0 Å². The van der Waals surface area contributed by atoms with E-state index >= 15 is 0 Å². The van der Waals surface area contributed by atoms with Gasteiger partial charge in [0.15, 0.2) is 0 Å². The number of hydrogen-bond donors (Lipinski definition) is 0. The molecule has 0 fully saturated rings. The summed E-state index contributed by atoms with van der Waals surface area (Å²) >= 11 is 0. The second-order valence-electron chi connectivity index (χ2n) is 12.0. The van der Waals surface area contributed by atoms with E-state index in [0.29, 0.717) is 0 Å². The van der Waals surface area contributed by atoms with E-state index in [9.17, 15) is 0 Å². The number of allylic oxidation sites excluding steroid dienone is 5. The Balaban J connectivity index is 0.00000112. The van der Waals surface area contributed by atoms with E-state index in [4.69, 9.17) is 20.0 Å². The zero-order valence-electron chi connectivity index (χ0n) is 30.8. The van der Waals surface area contributed by atoms with Crippen molar-refractivity contribution in [1.29, 1.82) is 0 Å². The number of rotatable bonds is 6. The molecule has 5 heteroatoms. The Morgan fingerprint density at radius 1 is 0.712 bits per heavy atom. The van der Waals surface area contributed by atoms with Crippen LogP contribution in [-0.2, 0) is 12.8 Å². The minimum absolute atomic E-state index is 0.791. The monoisotopic (exact) mass is 679 g/mol. The third-order valence-electron chi connectivity index (χ3n) is 9.02. The molecule has 8 rings (SSSR count). The summed E-state index contributed by atoms with van der Waals surface area (Å²) in [4.78, 5) is 24.7. The van der Waals surface area contributed by atoms with E-state index in [1.165, 1.54) is 16.7 Å². The number of fused-ring (bicyclic) bond motifs is 5. The second kappa shape index (κ2) is 16.8. The summed E-state index contributed by atoms with van der Waals surface area (Å²) < 4.78 is 0. The predicted molar refractivity (Wildman–Crippen MR) is 223 cm³/mol. The van der Waals surface area contributed by atoms with E-state index in [0.717, 1.165) is 92.1 Å². The molecule has 0 atom stereocenters. The summed E-state index contributed by atoms with van der Waals surface area (Å²) in [5.74, 6) is 0. The fourth-order valence-electron chi connectivity index (χ4n) is 6.49. The molecule has 0 spiro atoms. The number of hydrogen-bond acceptors (Lipinski definition) is 5. The van der Waals surface area contributed by atoms with Gasteiger partial charge in [0, 0.05) is 23.5 Å². The number of pyridine rings is 2. The number of nitrogens with zero attached hydrogens (tertiary/aromatic N) is 5. The van der Waals surface area contributed by atoms with Crippen LogP contribution in [0.1, 0.15) is 62.2 Å². The lowest BCUT2D eigenvalue weighted by atomic mass is 9.96. The zero-order chi connectivity index (χ0) is 36.5. The summed E-state index contributed by atoms with van der Waals surface area (Å²) in [6.07, 6.45) is 12.5. The molecule has 0 saturated carbocycles. The van der Waals surface area contributed by atoms with Crippen LogP contribution < -0.4 is 0 Å². The van der Waals surface area contributed by atoms with Gasteiger partial charge in [0.2, 0.25) is 0 Å². The van der Waals surface area contributed by atoms with Gasteiger partial charge >= 0.3 is 0 Å². The van der Waals surface area contributed by atoms with Crippen molar-refractivity contribution < 1.29 is 0 Å². The summed E-state index contributed by atoms with van der Waals surface area (Å²) in [5, 5.41) is 2.17. The Bertz CT molecular complexity index is 2390. The maximum Gasteiger partial charge on any atom is 0.0969 e. The van der Waals surface area contributed by atoms with Crippen LogP contribution in [0.3, 0.4) is 0 Å². The molecule has 0 amide bonds. The highest BCUT2D eigenvalue weighted by Crippen LogP contribution is 2.35. The summed E-state index contributed by atoms with van der Waals surface area (Å²) in [6, 6.07) is 36.1. The largest absolute Gasteiger partial charge is 0.286 e. The Kier molecular flexibility index (Phi) is 11.5. The van der Waals surface area contributed by atoms with Crippen LogP contribution >= 0.6 is 0 Å². The lowest BCUT2D eigenvalue weighted by Gasteiger charge is -2.17. The lowest BCUT2D eigenvalue weighted by molar-refractivity contribution is 1.01. The number of aryl methyl sites for hydroxylation is 1. The standard InChI is InChI=1S/C43H33N5.2C2H6/c1-3-4-12-38(44-2)40-25-20-34-27-32(19-23-37(34)46-40)31-18-22-36-33(26-31)11-8-13-39(45-36)41-24-17-30-15-14-29-16-21-35(28-9-6-5-7-10-28)47-42(29)43(30)48-41;2*1-2/h3-10,12-15,17-20,22-27H,1,11,16,21H2,2H3;2*1-2H3/b12-4-,44-38?;;. The van der Waals surface area contributed by atoms with Crippen LogP contribution in [0.5, 0.6) is 0 Å². The van der Waals surface area contributed by atoms with Gasteiger partial charge in [0.05, 0.1) is 45.2 Å². The van der Waals surface area contributed by atoms with Gasteiger partial charge in [-0.15, -0.1) is 0 Å². The zero-order valence-corrected chi connectivity index (χ0v) is 30.8. The Hall–Kier alpha value is -6.07. The van der Waals surface area contributed by atoms with Crippen LogP contribution in [-0.4, -0.2) is 34.2 Å². The van der Waals surface area contributed by atoms with Crippen LogP contribution in [0.15, 0.2) is 155 Å². The maximum absolute atomic E-state index is 5.18. The van der Waals surface area contributed by atoms with Gasteiger partial charge in [0.25, 0.3) is 0 Å². The maximum atomic E-state index is 5.18. The fourth-order valence-corrected chi connectivity index (χ4v) is 6.49. The van der Waals surface area contributed by atoms with Crippen molar-refractivity contribution in [3.63, 3.8) is 0 Å². The van der Waals surface area contributed by atoms with Gasteiger partial charge in [-0.2, -0.15) is 0 Å². The predicted octanol–water partition coefficient (Wildman–Crippen LogP) is 12.0. The lowest BCUT2D eigenvalue weighted by Crippen LogP contribution is -2.08. The van der Waals surface area contributed by atoms with E-state index < -0.39 is 0 Å². The number of aliphatic imine (C=N–C) groups is 3. The number of benzene rings is 4. The van der Waals surface area contributed by atoms with Gasteiger partial charge in [-0.1, -0.05) is 119 Å². The molecule has 0 bridgehead atoms. The van der Waals surface area contributed by atoms with E-state index in [1.807, 2.05) is 52.0 Å². The molecule has 52 heavy (non-hydrogen) atoms. The van der Waals surface area contributed by atoms with Crippen molar-refractivity contribution in [3.05, 3.63) is 168 Å². The molecular weight excluding hydrogens is 635 g/mol. The fraction of sp³-hybridized carbons (Fsp3) is 0.170. The van der Waals surface area contributed by atoms with E-state index in [1.54, 1.807) is 13.1 Å². The molecule has 0 saturated heterocycles. The molecule has 4 aromatic carbocycles. The first-order chi connectivity index (χ1) is 25.7. The summed E-state index contributed by atoms with van der Waals surface area (Å²) in [5.41, 5.74) is 14.2. The summed E-state index contributed by atoms with van der Waals surface area (Å²) in [7, 11) is 1.78. The molecular formula is C47H45N5. The van der Waals surface area contributed by atoms with Crippen LogP contribution in [0, 0.1) is 0 Å². The SMILES string of the molecule is C=C/C=C\C(=NC)c1ccc2cc(-c3ccc4c(c3)CC=CC(c3ccc5ccc6c(c5n3)N=C(c3ccccc3)CC6)=N4)ccc2n1.CC.CC. The third-order valence-corrected chi connectivity index (χ3v) is 9.02. The first kappa shape index (κ1) is 35.7. The third kappa shape index (κ3) is 7.50. The molecule has 5 nitrogen and oxygen atoms in total. The van der Waals surface area contributed by atoms with Gasteiger partial charge in [-0.05, 0) is 95.6 Å². The summed E-state index contributed by atoms with van der Waals surface area (Å²) in [6.45, 7) is 11.8. The van der Waals surface area contributed by atoms with Gasteiger partial charge in [-0.3, -0.25) is 9.98 Å². The Labute approximate surface area is 307 Å². The highest BCUT2D eigenvalue weighted by molar-refractivity contribution is 6.11. The Morgan fingerprint density at radius 2 is 1.48 bits per heavy atom. The first-order valence-corrected chi connectivity index (χ1v) is 18.3. The molecule has 6 aromatic rings. The van der Waals surface area contributed by atoms with Crippen molar-refractivity contribution in [2.24, 2.45) is 15.0 Å². The van der Waals surface area contributed by atoms with Gasteiger partial charge in [0.1, 0.15) is 0 Å². The highest BCUT2D eigenvalue weighted by Gasteiger charge is 2.18. The normalized spacial score (nSPS) is 13.5. The van der Waals surface area contributed by atoms with Crippen molar-refractivity contribution in [3.8, 4) is 11.1 Å². The molecule has 2 aliphatic rings. The molecule has 258 valence electrons. The average Bonchev–Trinajstić information content (AvgIpc) is 3.44. The topological polar surface area (TPSA) is 62.9 Å². The molecule has 2 aromatic heterocycles. The average molecular weight is 680 g/mol. The molecule has 0 unspecified atom stereocenters. The van der Waals surface area contributed by atoms with Gasteiger partial charge in [-0.25, -0.2) is 15.0 Å². The number of aromatic nitrogens is 2. The Morgan fingerprint density at radius 3 is 2.29 bits per heavy atom. The minimum Gasteiger partial charge on any atom is -0.286 e. The van der Waals surface area contributed by atoms with Gasteiger partial charge < -0.3 is 0 Å². The quantitative estimate of drug-likeness (QED) is 0.130. The van der Waals surface area contributed by atoms with Crippen molar-refractivity contribution in [2.75, 3.05) is 7.05 Å². The highest BCUT2D eigenvalue weighted by atomic mass is 14.9. The molecule has 0 radical (unpaired) electrons. The molecule has 2 aliphatic heterocycles. The van der Waals surface area contributed by atoms with Crippen LogP contribution in [0.4, 0.5) is 11.4 Å². The molecule has 0 aliphatic carbocycles. The first-order valence-electron chi connectivity index (χ1n) is 18.3.